The summed E-state index contributed by atoms with van der Waals surface area (Å²) in [6.45, 7) is 0. The Kier molecular flexibility index (Phi) is 2.21. The van der Waals surface area contributed by atoms with E-state index in [4.69, 9.17) is 0 Å². The molecule has 0 saturated carbocycles. The standard InChI is InChI=1S/C24H16N3/c1-25-18-10-5-11-19-22(18)24-20(25)13-6-14-26(24)21-12-4-8-16-15-7-2-3-9-17(15)27(19)23(16)21/h2-14H,1H3/q+1. The summed E-state index contributed by atoms with van der Waals surface area (Å²) in [7, 11) is 2.16. The van der Waals surface area contributed by atoms with Gasteiger partial charge in [-0.2, -0.15) is 4.40 Å². The fourth-order valence-electron chi connectivity index (χ4n) is 5.03. The number of para-hydroxylation sites is 2. The quantitative estimate of drug-likeness (QED) is 0.340. The van der Waals surface area contributed by atoms with Gasteiger partial charge in [-0.25, -0.2) is 0 Å². The SMILES string of the molecule is Cn1c2cccc3c2c2c1ccc[n+]2c1cccc2c4ccccc4n3c21. The van der Waals surface area contributed by atoms with Crippen molar-refractivity contribution in [2.45, 2.75) is 0 Å². The lowest BCUT2D eigenvalue weighted by atomic mass is 10.1. The van der Waals surface area contributed by atoms with Gasteiger partial charge in [-0.3, -0.25) is 0 Å². The monoisotopic (exact) mass is 346 g/mol. The molecule has 0 fully saturated rings. The molecule has 0 unspecified atom stereocenters. The second-order valence-corrected chi connectivity index (χ2v) is 7.37. The van der Waals surface area contributed by atoms with E-state index in [-0.39, 0.29) is 0 Å². The van der Waals surface area contributed by atoms with Crippen LogP contribution in [0.2, 0.25) is 0 Å². The first-order valence-corrected chi connectivity index (χ1v) is 9.29. The van der Waals surface area contributed by atoms with Crippen molar-refractivity contribution in [1.29, 1.82) is 0 Å². The summed E-state index contributed by atoms with van der Waals surface area (Å²) in [5.74, 6) is 0. The summed E-state index contributed by atoms with van der Waals surface area (Å²) in [5, 5.41) is 3.92. The first-order chi connectivity index (χ1) is 13.3. The molecule has 0 bridgehead atoms. The van der Waals surface area contributed by atoms with E-state index in [9.17, 15) is 0 Å². The average Bonchev–Trinajstić information content (AvgIpc) is 3.16. The highest BCUT2D eigenvalue weighted by molar-refractivity contribution is 6.18. The van der Waals surface area contributed by atoms with Gasteiger partial charge < -0.3 is 8.97 Å². The van der Waals surface area contributed by atoms with Gasteiger partial charge in [-0.15, -0.1) is 0 Å². The zero-order valence-corrected chi connectivity index (χ0v) is 14.8. The molecule has 3 heteroatoms. The van der Waals surface area contributed by atoms with Crippen LogP contribution >= 0.6 is 0 Å². The van der Waals surface area contributed by atoms with E-state index in [0.717, 1.165) is 0 Å². The van der Waals surface area contributed by atoms with E-state index in [0.29, 0.717) is 0 Å². The summed E-state index contributed by atoms with van der Waals surface area (Å²) in [4.78, 5) is 0. The number of aryl methyl sites for hydroxylation is 1. The van der Waals surface area contributed by atoms with Crippen LogP contribution in [-0.4, -0.2) is 8.97 Å². The lowest BCUT2D eigenvalue weighted by Crippen LogP contribution is -2.20. The number of benzene rings is 3. The number of nitrogens with zero attached hydrogens (tertiary/aromatic N) is 3. The Morgan fingerprint density at radius 3 is 2.37 bits per heavy atom. The Morgan fingerprint density at radius 2 is 1.41 bits per heavy atom. The van der Waals surface area contributed by atoms with Gasteiger partial charge >= 0.3 is 0 Å². The first kappa shape index (κ1) is 13.6. The van der Waals surface area contributed by atoms with Crippen LogP contribution in [0.25, 0.3) is 54.8 Å². The summed E-state index contributed by atoms with van der Waals surface area (Å²) in [5.41, 5.74) is 8.84. The molecule has 0 amide bonds. The second-order valence-electron chi connectivity index (χ2n) is 7.37. The van der Waals surface area contributed by atoms with Crippen LogP contribution in [0.15, 0.2) is 79.0 Å². The summed E-state index contributed by atoms with van der Waals surface area (Å²) < 4.78 is 7.13. The largest absolute Gasteiger partial charge is 0.338 e. The van der Waals surface area contributed by atoms with Crippen molar-refractivity contribution in [2.24, 2.45) is 7.05 Å². The lowest BCUT2D eigenvalue weighted by molar-refractivity contribution is -0.479. The fourth-order valence-corrected chi connectivity index (χ4v) is 5.03. The third kappa shape index (κ3) is 1.41. The van der Waals surface area contributed by atoms with Crippen molar-refractivity contribution in [3.05, 3.63) is 79.0 Å². The molecule has 7 rings (SSSR count). The maximum Gasteiger partial charge on any atom is 0.246 e. The Hall–Kier alpha value is -3.59. The minimum atomic E-state index is 1.23. The second kappa shape index (κ2) is 4.38. The van der Waals surface area contributed by atoms with E-state index in [1.165, 1.54) is 54.8 Å². The predicted octanol–water partition coefficient (Wildman–Crippen LogP) is 5.07. The molecule has 0 saturated heterocycles. The number of aromatic nitrogens is 3. The lowest BCUT2D eigenvalue weighted by Gasteiger charge is -2.01. The van der Waals surface area contributed by atoms with Crippen LogP contribution in [0, 0.1) is 0 Å². The van der Waals surface area contributed by atoms with Gasteiger partial charge in [-0.1, -0.05) is 36.4 Å². The van der Waals surface area contributed by atoms with Gasteiger partial charge in [0, 0.05) is 30.0 Å². The van der Waals surface area contributed by atoms with E-state index in [1.807, 2.05) is 0 Å². The summed E-state index contributed by atoms with van der Waals surface area (Å²) in [6.07, 6.45) is 2.20. The predicted molar refractivity (Wildman–Crippen MR) is 111 cm³/mol. The number of fused-ring (bicyclic) bond motifs is 5. The summed E-state index contributed by atoms with van der Waals surface area (Å²) >= 11 is 0. The number of pyridine rings is 1. The molecule has 3 nitrogen and oxygen atoms in total. The molecule has 0 spiro atoms. The van der Waals surface area contributed by atoms with Crippen LogP contribution in [0.5, 0.6) is 0 Å². The molecule has 126 valence electrons. The third-order valence-electron chi connectivity index (χ3n) is 6.13. The van der Waals surface area contributed by atoms with Gasteiger partial charge in [0.1, 0.15) is 11.0 Å². The molecule has 4 aromatic heterocycles. The maximum absolute atomic E-state index is 2.45. The van der Waals surface area contributed by atoms with Gasteiger partial charge in [-0.05, 0) is 24.3 Å². The van der Waals surface area contributed by atoms with Gasteiger partial charge in [0.25, 0.3) is 0 Å². The molecule has 0 atom stereocenters. The molecule has 0 aliphatic carbocycles. The third-order valence-corrected chi connectivity index (χ3v) is 6.13. The van der Waals surface area contributed by atoms with Crippen molar-refractivity contribution in [3.63, 3.8) is 0 Å². The number of hydrogen-bond acceptors (Lipinski definition) is 0. The molecule has 0 N–H and O–H groups in total. The molecular weight excluding hydrogens is 330 g/mol. The van der Waals surface area contributed by atoms with Crippen molar-refractivity contribution in [2.75, 3.05) is 0 Å². The van der Waals surface area contributed by atoms with Crippen LogP contribution in [0.4, 0.5) is 0 Å². The summed E-state index contributed by atoms with van der Waals surface area (Å²) in [6, 6.07) is 26.4. The van der Waals surface area contributed by atoms with E-state index >= 15 is 0 Å². The highest BCUT2D eigenvalue weighted by atomic mass is 15.0. The molecule has 4 heterocycles. The molecule has 27 heavy (non-hydrogen) atoms. The fraction of sp³-hybridized carbons (Fsp3) is 0.0417. The minimum Gasteiger partial charge on any atom is -0.338 e. The number of rotatable bonds is 0. The Morgan fingerprint density at radius 1 is 0.667 bits per heavy atom. The van der Waals surface area contributed by atoms with Crippen molar-refractivity contribution < 1.29 is 4.40 Å². The van der Waals surface area contributed by atoms with Gasteiger partial charge in [0.15, 0.2) is 6.20 Å². The van der Waals surface area contributed by atoms with E-state index in [1.54, 1.807) is 0 Å². The Bertz CT molecular complexity index is 1680. The van der Waals surface area contributed by atoms with Crippen LogP contribution < -0.4 is 4.40 Å². The molecular formula is C24H16N3+. The van der Waals surface area contributed by atoms with E-state index in [2.05, 4.69) is 99.4 Å². The van der Waals surface area contributed by atoms with Crippen molar-refractivity contribution in [3.8, 4) is 0 Å². The van der Waals surface area contributed by atoms with E-state index < -0.39 is 0 Å². The van der Waals surface area contributed by atoms with Crippen molar-refractivity contribution >= 4 is 54.8 Å². The van der Waals surface area contributed by atoms with Crippen LogP contribution in [0.1, 0.15) is 0 Å². The molecule has 0 aliphatic rings. The number of hydrogen-bond donors (Lipinski definition) is 0. The highest BCUT2D eigenvalue weighted by Gasteiger charge is 2.24. The van der Waals surface area contributed by atoms with Crippen LogP contribution in [0.3, 0.4) is 0 Å². The molecule has 3 aromatic carbocycles. The Labute approximate surface area is 154 Å². The molecule has 0 radical (unpaired) electrons. The van der Waals surface area contributed by atoms with Gasteiger partial charge in [0.2, 0.25) is 11.0 Å². The maximum atomic E-state index is 2.45. The smallest absolute Gasteiger partial charge is 0.246 e. The van der Waals surface area contributed by atoms with Gasteiger partial charge in [0.05, 0.1) is 21.9 Å². The first-order valence-electron chi connectivity index (χ1n) is 9.29. The van der Waals surface area contributed by atoms with Crippen molar-refractivity contribution in [1.82, 2.24) is 8.97 Å². The molecule has 0 aliphatic heterocycles. The van der Waals surface area contributed by atoms with Crippen LogP contribution in [-0.2, 0) is 7.05 Å². The average molecular weight is 346 g/mol. The Balaban J connectivity index is 2.06. The highest BCUT2D eigenvalue weighted by Crippen LogP contribution is 2.36. The zero-order chi connectivity index (χ0) is 17.7. The minimum absolute atomic E-state index is 1.23. The zero-order valence-electron chi connectivity index (χ0n) is 14.8. The topological polar surface area (TPSA) is 13.4 Å². The molecule has 7 aromatic rings. The normalized spacial score (nSPS) is 12.6.